The van der Waals surface area contributed by atoms with Gasteiger partial charge in [0.25, 0.3) is 0 Å². The number of rotatable bonds is 3. The van der Waals surface area contributed by atoms with Crippen LogP contribution in [0.2, 0.25) is 0 Å². The number of carboxylic acid groups (broad SMARTS) is 1. The number of carbonyl (C=O) groups is 1. The van der Waals surface area contributed by atoms with Gasteiger partial charge in [-0.3, -0.25) is 4.79 Å². The van der Waals surface area contributed by atoms with E-state index in [1.54, 1.807) is 0 Å². The quantitative estimate of drug-likeness (QED) is 0.920. The summed E-state index contributed by atoms with van der Waals surface area (Å²) in [5, 5.41) is 9.70. The van der Waals surface area contributed by atoms with Crippen LogP contribution in [0.3, 0.4) is 0 Å². The van der Waals surface area contributed by atoms with E-state index in [0.717, 1.165) is 17.7 Å². The van der Waals surface area contributed by atoms with Crippen LogP contribution in [0.25, 0.3) is 0 Å². The van der Waals surface area contributed by atoms with E-state index in [1.807, 2.05) is 54.2 Å². The van der Waals surface area contributed by atoms with Gasteiger partial charge < -0.3 is 5.11 Å². The number of aliphatic carboxylic acids is 1. The number of benzene rings is 2. The molecule has 0 aromatic heterocycles. The molecule has 102 valence electrons. The molecule has 2 nitrogen and oxygen atoms in total. The number of fused-ring (bicyclic) bond motifs is 1. The number of thioether (sulfide) groups is 1. The molecule has 1 N–H and O–H groups in total. The fourth-order valence-corrected chi connectivity index (χ4v) is 4.08. The highest BCUT2D eigenvalue weighted by molar-refractivity contribution is 7.99. The topological polar surface area (TPSA) is 37.3 Å². The molecule has 2 aromatic rings. The minimum Gasteiger partial charge on any atom is -0.481 e. The maximum atomic E-state index is 11.8. The van der Waals surface area contributed by atoms with Crippen molar-refractivity contribution in [3.05, 3.63) is 65.7 Å². The van der Waals surface area contributed by atoms with Gasteiger partial charge in [0.05, 0.1) is 5.92 Å². The lowest BCUT2D eigenvalue weighted by molar-refractivity contribution is -0.139. The van der Waals surface area contributed by atoms with Gasteiger partial charge in [0.15, 0.2) is 0 Å². The summed E-state index contributed by atoms with van der Waals surface area (Å²) in [5.74, 6) is -0.147. The highest BCUT2D eigenvalue weighted by atomic mass is 32.2. The SMILES string of the molecule is O=C(O)C(c1ccccc1)C1CCSc2ccccc21. The Morgan fingerprint density at radius 3 is 2.55 bits per heavy atom. The Morgan fingerprint density at radius 2 is 1.80 bits per heavy atom. The monoisotopic (exact) mass is 284 g/mol. The van der Waals surface area contributed by atoms with E-state index in [9.17, 15) is 9.90 Å². The Bertz CT molecular complexity index is 609. The Labute approximate surface area is 122 Å². The second-order valence-corrected chi connectivity index (χ2v) is 6.14. The van der Waals surface area contributed by atoms with Crippen molar-refractivity contribution in [3.8, 4) is 0 Å². The maximum absolute atomic E-state index is 11.8. The molecule has 1 heterocycles. The molecule has 0 bridgehead atoms. The van der Waals surface area contributed by atoms with Crippen LogP contribution in [0.5, 0.6) is 0 Å². The summed E-state index contributed by atoms with van der Waals surface area (Å²) in [6, 6.07) is 17.8. The van der Waals surface area contributed by atoms with Crippen LogP contribution in [-0.2, 0) is 4.79 Å². The lowest BCUT2D eigenvalue weighted by Gasteiger charge is -2.30. The minimum atomic E-state index is -0.733. The van der Waals surface area contributed by atoms with Gasteiger partial charge in [-0.1, -0.05) is 48.5 Å². The first-order chi connectivity index (χ1) is 9.77. The Morgan fingerprint density at radius 1 is 1.10 bits per heavy atom. The smallest absolute Gasteiger partial charge is 0.311 e. The van der Waals surface area contributed by atoms with Crippen molar-refractivity contribution in [3.63, 3.8) is 0 Å². The van der Waals surface area contributed by atoms with E-state index in [2.05, 4.69) is 12.1 Å². The third-order valence-electron chi connectivity index (χ3n) is 3.83. The summed E-state index contributed by atoms with van der Waals surface area (Å²) in [6.07, 6.45) is 0.910. The van der Waals surface area contributed by atoms with Crippen LogP contribution in [0, 0.1) is 0 Å². The molecule has 2 aromatic carbocycles. The molecule has 0 radical (unpaired) electrons. The molecule has 0 amide bonds. The molecular formula is C17H16O2S. The summed E-state index contributed by atoms with van der Waals surface area (Å²) in [6.45, 7) is 0. The first-order valence-electron chi connectivity index (χ1n) is 6.77. The highest BCUT2D eigenvalue weighted by Gasteiger charge is 2.33. The third kappa shape index (κ3) is 2.46. The zero-order chi connectivity index (χ0) is 13.9. The highest BCUT2D eigenvalue weighted by Crippen LogP contribution is 2.44. The van der Waals surface area contributed by atoms with Crippen molar-refractivity contribution < 1.29 is 9.90 Å². The molecule has 0 saturated heterocycles. The number of carboxylic acids is 1. The van der Waals surface area contributed by atoms with Crippen LogP contribution in [0.1, 0.15) is 29.4 Å². The molecule has 0 spiro atoms. The number of hydrogen-bond acceptors (Lipinski definition) is 2. The fourth-order valence-electron chi connectivity index (χ4n) is 2.92. The summed E-state index contributed by atoms with van der Waals surface area (Å²) >= 11 is 1.82. The lowest BCUT2D eigenvalue weighted by atomic mass is 9.79. The van der Waals surface area contributed by atoms with Crippen molar-refractivity contribution in [2.75, 3.05) is 5.75 Å². The molecule has 0 fully saturated rings. The van der Waals surface area contributed by atoms with Gasteiger partial charge >= 0.3 is 5.97 Å². The maximum Gasteiger partial charge on any atom is 0.311 e. The molecule has 0 aliphatic carbocycles. The number of hydrogen-bond donors (Lipinski definition) is 1. The minimum absolute atomic E-state index is 0.0624. The van der Waals surface area contributed by atoms with Gasteiger partial charge in [0.1, 0.15) is 0 Å². The third-order valence-corrected chi connectivity index (χ3v) is 4.95. The molecule has 1 aliphatic rings. The van der Waals surface area contributed by atoms with Crippen molar-refractivity contribution in [2.24, 2.45) is 0 Å². The second kappa shape index (κ2) is 5.71. The Kier molecular flexibility index (Phi) is 3.79. The summed E-state index contributed by atoms with van der Waals surface area (Å²) in [7, 11) is 0. The first kappa shape index (κ1) is 13.3. The summed E-state index contributed by atoms with van der Waals surface area (Å²) < 4.78 is 0. The van der Waals surface area contributed by atoms with Crippen molar-refractivity contribution in [2.45, 2.75) is 23.2 Å². The van der Waals surface area contributed by atoms with Gasteiger partial charge in [0.2, 0.25) is 0 Å². The zero-order valence-corrected chi connectivity index (χ0v) is 11.8. The molecule has 2 unspecified atom stereocenters. The summed E-state index contributed by atoms with van der Waals surface area (Å²) in [4.78, 5) is 13.0. The predicted octanol–water partition coefficient (Wildman–Crippen LogP) is 4.13. The standard InChI is InChI=1S/C17H16O2S/c18-17(19)16(12-6-2-1-3-7-12)14-10-11-20-15-9-5-4-8-13(14)15/h1-9,14,16H,10-11H2,(H,18,19). The van der Waals surface area contributed by atoms with Gasteiger partial charge in [-0.2, -0.15) is 0 Å². The van der Waals surface area contributed by atoms with Crippen LogP contribution in [0.15, 0.2) is 59.5 Å². The van der Waals surface area contributed by atoms with Crippen molar-refractivity contribution in [1.82, 2.24) is 0 Å². The van der Waals surface area contributed by atoms with Crippen molar-refractivity contribution >= 4 is 17.7 Å². The molecule has 3 rings (SSSR count). The van der Waals surface area contributed by atoms with Crippen molar-refractivity contribution in [1.29, 1.82) is 0 Å². The average Bonchev–Trinajstić information content (AvgIpc) is 2.48. The summed E-state index contributed by atoms with van der Waals surface area (Å²) in [5.41, 5.74) is 2.08. The van der Waals surface area contributed by atoms with E-state index in [-0.39, 0.29) is 5.92 Å². The molecule has 2 atom stereocenters. The Hall–Kier alpha value is -1.74. The lowest BCUT2D eigenvalue weighted by Crippen LogP contribution is -2.23. The predicted molar refractivity (Wildman–Crippen MR) is 81.3 cm³/mol. The van der Waals surface area contributed by atoms with Crippen LogP contribution < -0.4 is 0 Å². The van der Waals surface area contributed by atoms with Crippen LogP contribution in [0.4, 0.5) is 0 Å². The Balaban J connectivity index is 2.04. The first-order valence-corrected chi connectivity index (χ1v) is 7.75. The van der Waals surface area contributed by atoms with Gasteiger partial charge in [0, 0.05) is 10.8 Å². The normalized spacial score (nSPS) is 19.1. The van der Waals surface area contributed by atoms with Crippen LogP contribution >= 0.6 is 11.8 Å². The van der Waals surface area contributed by atoms with Gasteiger partial charge in [-0.15, -0.1) is 11.8 Å². The van der Waals surface area contributed by atoms with Gasteiger partial charge in [-0.05, 0) is 29.4 Å². The van der Waals surface area contributed by atoms with E-state index >= 15 is 0 Å². The fraction of sp³-hybridized carbons (Fsp3) is 0.235. The van der Waals surface area contributed by atoms with Crippen LogP contribution in [-0.4, -0.2) is 16.8 Å². The van der Waals surface area contributed by atoms with E-state index < -0.39 is 11.9 Å². The second-order valence-electron chi connectivity index (χ2n) is 5.01. The van der Waals surface area contributed by atoms with E-state index in [0.29, 0.717) is 0 Å². The molecule has 0 saturated carbocycles. The molecule has 3 heteroatoms. The van der Waals surface area contributed by atoms with E-state index in [1.165, 1.54) is 10.5 Å². The molecule has 20 heavy (non-hydrogen) atoms. The molecule has 1 aliphatic heterocycles. The van der Waals surface area contributed by atoms with E-state index in [4.69, 9.17) is 0 Å². The zero-order valence-electron chi connectivity index (χ0n) is 11.0. The average molecular weight is 284 g/mol. The largest absolute Gasteiger partial charge is 0.481 e. The van der Waals surface area contributed by atoms with Gasteiger partial charge in [-0.25, -0.2) is 0 Å². The molecular weight excluding hydrogens is 268 g/mol.